The van der Waals surface area contributed by atoms with Crippen LogP contribution in [0.5, 0.6) is 0 Å². The molecule has 0 aliphatic rings. The molecule has 5 heteroatoms. The van der Waals surface area contributed by atoms with Gasteiger partial charge in [0.1, 0.15) is 4.99 Å². The second-order valence-corrected chi connectivity index (χ2v) is 4.16. The van der Waals surface area contributed by atoms with Crippen molar-refractivity contribution in [1.82, 2.24) is 9.55 Å². The first kappa shape index (κ1) is 11.8. The van der Waals surface area contributed by atoms with Gasteiger partial charge in [-0.2, -0.15) is 0 Å². The standard InChI is InChI=1S/C12H13N3OS/c13-11(17)12-14-5-6-15(12)7-9-1-3-10(8-16)4-2-9/h1-6,16H,7-8H2,(H2,13,17). The first-order valence-corrected chi connectivity index (χ1v) is 5.61. The van der Waals surface area contributed by atoms with Crippen LogP contribution in [0.1, 0.15) is 17.0 Å². The Bertz CT molecular complexity index is 519. The summed E-state index contributed by atoms with van der Waals surface area (Å²) in [7, 11) is 0. The molecule has 4 nitrogen and oxygen atoms in total. The molecule has 1 aromatic heterocycles. The molecule has 0 fully saturated rings. The minimum Gasteiger partial charge on any atom is -0.392 e. The molecule has 0 saturated carbocycles. The van der Waals surface area contributed by atoms with Crippen molar-refractivity contribution < 1.29 is 5.11 Å². The Balaban J connectivity index is 2.19. The lowest BCUT2D eigenvalue weighted by Crippen LogP contribution is -2.17. The third-order valence-electron chi connectivity index (χ3n) is 2.49. The summed E-state index contributed by atoms with van der Waals surface area (Å²) in [5, 5.41) is 8.95. The number of benzene rings is 1. The van der Waals surface area contributed by atoms with Crippen LogP contribution in [-0.2, 0) is 13.2 Å². The maximum absolute atomic E-state index is 8.95. The molecule has 1 aromatic carbocycles. The summed E-state index contributed by atoms with van der Waals surface area (Å²) in [5.41, 5.74) is 7.58. The van der Waals surface area contributed by atoms with Crippen LogP contribution in [0.15, 0.2) is 36.7 Å². The van der Waals surface area contributed by atoms with Crippen LogP contribution in [0.25, 0.3) is 0 Å². The van der Waals surface area contributed by atoms with Gasteiger partial charge in [-0.25, -0.2) is 4.98 Å². The quantitative estimate of drug-likeness (QED) is 0.793. The Morgan fingerprint density at radius 1 is 1.29 bits per heavy atom. The average Bonchev–Trinajstić information content (AvgIpc) is 2.78. The van der Waals surface area contributed by atoms with Crippen molar-refractivity contribution in [2.45, 2.75) is 13.2 Å². The van der Waals surface area contributed by atoms with Crippen molar-refractivity contribution in [3.8, 4) is 0 Å². The fourth-order valence-electron chi connectivity index (χ4n) is 1.61. The summed E-state index contributed by atoms with van der Waals surface area (Å²) in [4.78, 5) is 4.40. The summed E-state index contributed by atoms with van der Waals surface area (Å²) < 4.78 is 1.90. The van der Waals surface area contributed by atoms with E-state index in [1.54, 1.807) is 6.20 Å². The Morgan fingerprint density at radius 3 is 2.53 bits per heavy atom. The molecule has 0 amide bonds. The van der Waals surface area contributed by atoms with Crippen LogP contribution >= 0.6 is 12.2 Å². The van der Waals surface area contributed by atoms with Gasteiger partial charge >= 0.3 is 0 Å². The number of aliphatic hydroxyl groups excluding tert-OH is 1. The average molecular weight is 247 g/mol. The molecule has 17 heavy (non-hydrogen) atoms. The highest BCUT2D eigenvalue weighted by Gasteiger charge is 2.05. The largest absolute Gasteiger partial charge is 0.392 e. The lowest BCUT2D eigenvalue weighted by Gasteiger charge is -2.07. The Hall–Kier alpha value is -1.72. The molecule has 3 N–H and O–H groups in total. The van der Waals surface area contributed by atoms with Gasteiger partial charge in [-0.1, -0.05) is 36.5 Å². The monoisotopic (exact) mass is 247 g/mol. The number of thiocarbonyl (C=S) groups is 1. The summed E-state index contributed by atoms with van der Waals surface area (Å²) >= 11 is 4.92. The van der Waals surface area contributed by atoms with E-state index >= 15 is 0 Å². The van der Waals surface area contributed by atoms with E-state index in [-0.39, 0.29) is 6.61 Å². The number of imidazole rings is 1. The number of nitrogens with two attached hydrogens (primary N) is 1. The fraction of sp³-hybridized carbons (Fsp3) is 0.167. The Morgan fingerprint density at radius 2 is 1.94 bits per heavy atom. The summed E-state index contributed by atoms with van der Waals surface area (Å²) in [6.07, 6.45) is 3.52. The first-order chi connectivity index (χ1) is 8.20. The van der Waals surface area contributed by atoms with Crippen molar-refractivity contribution in [1.29, 1.82) is 0 Å². The van der Waals surface area contributed by atoms with Crippen molar-refractivity contribution in [2.75, 3.05) is 0 Å². The second kappa shape index (κ2) is 5.07. The minimum atomic E-state index is 0.0590. The van der Waals surface area contributed by atoms with Crippen LogP contribution in [0.4, 0.5) is 0 Å². The van der Waals surface area contributed by atoms with E-state index in [9.17, 15) is 0 Å². The molecule has 88 valence electrons. The van der Waals surface area contributed by atoms with E-state index in [4.69, 9.17) is 23.1 Å². The topological polar surface area (TPSA) is 64.1 Å². The summed E-state index contributed by atoms with van der Waals surface area (Å²) in [6, 6.07) is 7.73. The molecule has 0 atom stereocenters. The van der Waals surface area contributed by atoms with Gasteiger partial charge in [0.25, 0.3) is 0 Å². The van der Waals surface area contributed by atoms with Crippen LogP contribution in [0.2, 0.25) is 0 Å². The van der Waals surface area contributed by atoms with Gasteiger partial charge in [-0.05, 0) is 11.1 Å². The molecule has 0 saturated heterocycles. The van der Waals surface area contributed by atoms with Gasteiger partial charge in [0.2, 0.25) is 0 Å². The second-order valence-electron chi connectivity index (χ2n) is 3.72. The van der Waals surface area contributed by atoms with E-state index in [2.05, 4.69) is 4.98 Å². The van der Waals surface area contributed by atoms with E-state index in [1.807, 2.05) is 35.0 Å². The molecule has 0 spiro atoms. The molecule has 0 aliphatic heterocycles. The highest BCUT2D eigenvalue weighted by molar-refractivity contribution is 7.80. The predicted octanol–water partition coefficient (Wildman–Crippen LogP) is 1.06. The summed E-state index contributed by atoms with van der Waals surface area (Å²) in [5.74, 6) is 0.617. The number of nitrogens with zero attached hydrogens (tertiary/aromatic N) is 2. The van der Waals surface area contributed by atoms with Gasteiger partial charge in [0.15, 0.2) is 5.82 Å². The SMILES string of the molecule is NC(=S)c1nccn1Cc1ccc(CO)cc1. The molecular weight excluding hydrogens is 234 g/mol. The Labute approximate surface area is 105 Å². The number of aromatic nitrogens is 2. The van der Waals surface area contributed by atoms with Crippen molar-refractivity contribution in [2.24, 2.45) is 5.73 Å². The van der Waals surface area contributed by atoms with Gasteiger partial charge in [-0.15, -0.1) is 0 Å². The molecular formula is C12H13N3OS. The molecule has 0 bridgehead atoms. The van der Waals surface area contributed by atoms with E-state index in [1.165, 1.54) is 0 Å². The lowest BCUT2D eigenvalue weighted by atomic mass is 10.1. The highest BCUT2D eigenvalue weighted by Crippen LogP contribution is 2.08. The first-order valence-electron chi connectivity index (χ1n) is 5.20. The summed E-state index contributed by atoms with van der Waals surface area (Å²) in [6.45, 7) is 0.724. The zero-order valence-electron chi connectivity index (χ0n) is 9.21. The Kier molecular flexibility index (Phi) is 3.51. The van der Waals surface area contributed by atoms with Crippen LogP contribution in [-0.4, -0.2) is 19.6 Å². The number of hydrogen-bond acceptors (Lipinski definition) is 3. The van der Waals surface area contributed by atoms with E-state index in [0.29, 0.717) is 17.4 Å². The van der Waals surface area contributed by atoms with Crippen LogP contribution < -0.4 is 5.73 Å². The highest BCUT2D eigenvalue weighted by atomic mass is 32.1. The molecule has 2 rings (SSSR count). The van der Waals surface area contributed by atoms with Gasteiger partial charge in [-0.3, -0.25) is 0 Å². The predicted molar refractivity (Wildman–Crippen MR) is 69.6 cm³/mol. The zero-order valence-corrected chi connectivity index (χ0v) is 10.0. The third kappa shape index (κ3) is 2.69. The van der Waals surface area contributed by atoms with Crippen LogP contribution in [0, 0.1) is 0 Å². The molecule has 0 aliphatic carbocycles. The van der Waals surface area contributed by atoms with Crippen LogP contribution in [0.3, 0.4) is 0 Å². The van der Waals surface area contributed by atoms with E-state index < -0.39 is 0 Å². The maximum atomic E-state index is 8.95. The minimum absolute atomic E-state index is 0.0590. The fourth-order valence-corrected chi connectivity index (χ4v) is 1.78. The number of hydrogen-bond donors (Lipinski definition) is 2. The van der Waals surface area contributed by atoms with Crippen molar-refractivity contribution in [3.63, 3.8) is 0 Å². The molecule has 0 radical (unpaired) electrons. The van der Waals surface area contributed by atoms with Crippen molar-refractivity contribution in [3.05, 3.63) is 53.6 Å². The smallest absolute Gasteiger partial charge is 0.167 e. The molecule has 1 heterocycles. The van der Waals surface area contributed by atoms with Crippen molar-refractivity contribution >= 4 is 17.2 Å². The van der Waals surface area contributed by atoms with E-state index in [0.717, 1.165) is 11.1 Å². The van der Waals surface area contributed by atoms with Gasteiger partial charge in [0.05, 0.1) is 6.61 Å². The maximum Gasteiger partial charge on any atom is 0.167 e. The van der Waals surface area contributed by atoms with Gasteiger partial charge < -0.3 is 15.4 Å². The molecule has 2 aromatic rings. The lowest BCUT2D eigenvalue weighted by molar-refractivity contribution is 0.282. The zero-order chi connectivity index (χ0) is 12.3. The number of rotatable bonds is 4. The third-order valence-corrected chi connectivity index (χ3v) is 2.68. The van der Waals surface area contributed by atoms with Gasteiger partial charge in [0, 0.05) is 18.9 Å². The molecule has 0 unspecified atom stereocenters. The number of aliphatic hydroxyl groups is 1. The normalized spacial score (nSPS) is 10.4.